The van der Waals surface area contributed by atoms with E-state index in [0.717, 1.165) is 37.0 Å². The van der Waals surface area contributed by atoms with Crippen molar-refractivity contribution in [1.82, 2.24) is 5.32 Å². The van der Waals surface area contributed by atoms with Crippen LogP contribution in [0.2, 0.25) is 0 Å². The third kappa shape index (κ3) is 5.82. The van der Waals surface area contributed by atoms with Crippen molar-refractivity contribution >= 4 is 5.91 Å². The lowest BCUT2D eigenvalue weighted by Crippen LogP contribution is -2.44. The number of hydrogen-bond donors (Lipinski definition) is 2. The summed E-state index contributed by atoms with van der Waals surface area (Å²) in [6.45, 7) is 5.46. The Balaban J connectivity index is 1.63. The Bertz CT molecular complexity index is 530. The molecule has 1 aliphatic rings. The maximum absolute atomic E-state index is 12.1. The highest BCUT2D eigenvalue weighted by atomic mass is 16.5. The third-order valence-corrected chi connectivity index (χ3v) is 4.96. The van der Waals surface area contributed by atoms with Gasteiger partial charge in [-0.3, -0.25) is 4.79 Å². The summed E-state index contributed by atoms with van der Waals surface area (Å²) in [6, 6.07) is 6.52. The van der Waals surface area contributed by atoms with E-state index in [2.05, 4.69) is 37.4 Å². The van der Waals surface area contributed by atoms with Crippen LogP contribution >= 0.6 is 0 Å². The predicted molar refractivity (Wildman–Crippen MR) is 98.2 cm³/mol. The molecule has 134 valence electrons. The van der Waals surface area contributed by atoms with Crippen molar-refractivity contribution in [3.63, 3.8) is 0 Å². The quantitative estimate of drug-likeness (QED) is 0.716. The van der Waals surface area contributed by atoms with Gasteiger partial charge in [0.1, 0.15) is 5.75 Å². The predicted octanol–water partition coefficient (Wildman–Crippen LogP) is 3.49. The lowest BCUT2D eigenvalue weighted by molar-refractivity contribution is -0.122. The second-order valence-corrected chi connectivity index (χ2v) is 7.03. The van der Waals surface area contributed by atoms with Gasteiger partial charge in [-0.25, -0.2) is 0 Å². The summed E-state index contributed by atoms with van der Waals surface area (Å²) < 4.78 is 5.84. The number of benzene rings is 1. The second kappa shape index (κ2) is 9.67. The fourth-order valence-electron chi connectivity index (χ4n) is 3.39. The number of aryl methyl sites for hydroxylation is 2. The Hall–Kier alpha value is -1.55. The Morgan fingerprint density at radius 3 is 2.83 bits per heavy atom. The summed E-state index contributed by atoms with van der Waals surface area (Å²) in [5, 5.41) is 3.19. The standard InChI is InChI=1S/C20H32N2O2/c1-15-10-11-16(2)19(13-15)24-12-6-5-9-20(23)22-18-8-4-3-7-17(18)14-21/h10-11,13,17-18H,3-9,12,14,21H2,1-2H3,(H,22,23). The third-order valence-electron chi connectivity index (χ3n) is 4.96. The molecule has 2 rings (SSSR count). The molecule has 0 saturated heterocycles. The van der Waals surface area contributed by atoms with Crippen molar-refractivity contribution in [3.8, 4) is 5.75 Å². The zero-order valence-electron chi connectivity index (χ0n) is 15.1. The summed E-state index contributed by atoms with van der Waals surface area (Å²) in [5.41, 5.74) is 8.18. The van der Waals surface area contributed by atoms with E-state index in [0.29, 0.717) is 25.5 Å². The molecule has 0 radical (unpaired) electrons. The van der Waals surface area contributed by atoms with Crippen LogP contribution in [-0.2, 0) is 4.79 Å². The Kier molecular flexibility index (Phi) is 7.57. The molecule has 1 amide bonds. The molecule has 4 heteroatoms. The molecular formula is C20H32N2O2. The highest BCUT2D eigenvalue weighted by molar-refractivity contribution is 5.76. The summed E-state index contributed by atoms with van der Waals surface area (Å²) in [4.78, 5) is 12.1. The van der Waals surface area contributed by atoms with Gasteiger partial charge in [-0.05, 0) is 69.2 Å². The minimum absolute atomic E-state index is 0.159. The molecule has 1 aromatic carbocycles. The molecule has 0 aliphatic heterocycles. The van der Waals surface area contributed by atoms with Crippen molar-refractivity contribution in [2.24, 2.45) is 11.7 Å². The maximum Gasteiger partial charge on any atom is 0.220 e. The van der Waals surface area contributed by atoms with Gasteiger partial charge in [0.05, 0.1) is 6.61 Å². The van der Waals surface area contributed by atoms with Gasteiger partial charge in [-0.15, -0.1) is 0 Å². The van der Waals surface area contributed by atoms with Gasteiger partial charge >= 0.3 is 0 Å². The van der Waals surface area contributed by atoms with Crippen LogP contribution in [0.15, 0.2) is 18.2 Å². The zero-order chi connectivity index (χ0) is 17.4. The highest BCUT2D eigenvalue weighted by Crippen LogP contribution is 2.23. The van der Waals surface area contributed by atoms with Crippen molar-refractivity contribution in [1.29, 1.82) is 0 Å². The Morgan fingerprint density at radius 1 is 1.25 bits per heavy atom. The lowest BCUT2D eigenvalue weighted by Gasteiger charge is -2.31. The molecular weight excluding hydrogens is 300 g/mol. The van der Waals surface area contributed by atoms with Gasteiger partial charge in [-0.1, -0.05) is 25.0 Å². The molecule has 0 heterocycles. The molecule has 1 aliphatic carbocycles. The van der Waals surface area contributed by atoms with E-state index < -0.39 is 0 Å². The van der Waals surface area contributed by atoms with Crippen LogP contribution < -0.4 is 15.8 Å². The number of carbonyl (C=O) groups is 1. The van der Waals surface area contributed by atoms with Gasteiger partial charge in [0.25, 0.3) is 0 Å². The molecule has 24 heavy (non-hydrogen) atoms. The average Bonchev–Trinajstić information content (AvgIpc) is 2.58. The fourth-order valence-corrected chi connectivity index (χ4v) is 3.39. The SMILES string of the molecule is Cc1ccc(C)c(OCCCCC(=O)NC2CCCCC2CN)c1. The van der Waals surface area contributed by atoms with E-state index in [4.69, 9.17) is 10.5 Å². The van der Waals surface area contributed by atoms with Crippen molar-refractivity contribution in [2.75, 3.05) is 13.2 Å². The smallest absolute Gasteiger partial charge is 0.220 e. The molecule has 1 aromatic rings. The number of rotatable bonds is 8. The molecule has 2 unspecified atom stereocenters. The van der Waals surface area contributed by atoms with Gasteiger partial charge in [0.15, 0.2) is 0 Å². The number of nitrogens with one attached hydrogen (secondary N) is 1. The molecule has 3 N–H and O–H groups in total. The molecule has 0 spiro atoms. The lowest BCUT2D eigenvalue weighted by atomic mass is 9.84. The van der Waals surface area contributed by atoms with Crippen molar-refractivity contribution in [3.05, 3.63) is 29.3 Å². The second-order valence-electron chi connectivity index (χ2n) is 7.03. The first kappa shape index (κ1) is 18.8. The van der Waals surface area contributed by atoms with Crippen LogP contribution in [0, 0.1) is 19.8 Å². The first-order valence-corrected chi connectivity index (χ1v) is 9.29. The van der Waals surface area contributed by atoms with Gasteiger partial charge in [0, 0.05) is 12.5 Å². The van der Waals surface area contributed by atoms with Crippen LogP contribution in [-0.4, -0.2) is 25.1 Å². The van der Waals surface area contributed by atoms with Gasteiger partial charge in [0.2, 0.25) is 5.91 Å². The first-order valence-electron chi connectivity index (χ1n) is 9.29. The summed E-state index contributed by atoms with van der Waals surface area (Å²) in [6.07, 6.45) is 6.98. The first-order chi connectivity index (χ1) is 11.6. The fraction of sp³-hybridized carbons (Fsp3) is 0.650. The van der Waals surface area contributed by atoms with Crippen molar-refractivity contribution in [2.45, 2.75) is 64.8 Å². The van der Waals surface area contributed by atoms with E-state index in [1.165, 1.54) is 18.4 Å². The minimum Gasteiger partial charge on any atom is -0.493 e. The number of amides is 1. The number of nitrogens with two attached hydrogens (primary N) is 1. The molecule has 0 bridgehead atoms. The van der Waals surface area contributed by atoms with Gasteiger partial charge in [-0.2, -0.15) is 0 Å². The molecule has 2 atom stereocenters. The highest BCUT2D eigenvalue weighted by Gasteiger charge is 2.24. The maximum atomic E-state index is 12.1. The van der Waals surface area contributed by atoms with Crippen LogP contribution in [0.3, 0.4) is 0 Å². The normalized spacial score (nSPS) is 20.6. The Labute approximate surface area is 146 Å². The van der Waals surface area contributed by atoms with E-state index in [1.807, 2.05) is 0 Å². The molecule has 1 saturated carbocycles. The Morgan fingerprint density at radius 2 is 2.04 bits per heavy atom. The number of carbonyl (C=O) groups excluding carboxylic acids is 1. The summed E-state index contributed by atoms with van der Waals surface area (Å²) in [5.74, 6) is 1.56. The summed E-state index contributed by atoms with van der Waals surface area (Å²) in [7, 11) is 0. The number of ether oxygens (including phenoxy) is 1. The zero-order valence-corrected chi connectivity index (χ0v) is 15.1. The largest absolute Gasteiger partial charge is 0.493 e. The van der Waals surface area contributed by atoms with E-state index in [9.17, 15) is 4.79 Å². The topological polar surface area (TPSA) is 64.3 Å². The average molecular weight is 332 g/mol. The monoisotopic (exact) mass is 332 g/mol. The molecule has 1 fully saturated rings. The van der Waals surface area contributed by atoms with E-state index in [-0.39, 0.29) is 11.9 Å². The van der Waals surface area contributed by atoms with Gasteiger partial charge < -0.3 is 15.8 Å². The number of hydrogen-bond acceptors (Lipinski definition) is 3. The van der Waals surface area contributed by atoms with Crippen LogP contribution in [0.1, 0.15) is 56.1 Å². The molecule has 0 aromatic heterocycles. The minimum atomic E-state index is 0.159. The van der Waals surface area contributed by atoms with Crippen LogP contribution in [0.4, 0.5) is 0 Å². The van der Waals surface area contributed by atoms with Crippen LogP contribution in [0.5, 0.6) is 5.75 Å². The summed E-state index contributed by atoms with van der Waals surface area (Å²) >= 11 is 0. The van der Waals surface area contributed by atoms with E-state index >= 15 is 0 Å². The van der Waals surface area contributed by atoms with Crippen molar-refractivity contribution < 1.29 is 9.53 Å². The molecule has 4 nitrogen and oxygen atoms in total. The van der Waals surface area contributed by atoms with E-state index in [1.54, 1.807) is 0 Å². The van der Waals surface area contributed by atoms with Crippen LogP contribution in [0.25, 0.3) is 0 Å². The number of unbranched alkanes of at least 4 members (excludes halogenated alkanes) is 1.